The van der Waals surface area contributed by atoms with Gasteiger partial charge < -0.3 is 28.9 Å². The summed E-state index contributed by atoms with van der Waals surface area (Å²) in [7, 11) is 0. The number of ether oxygens (including phenoxy) is 4. The second-order valence-corrected chi connectivity index (χ2v) is 9.34. The van der Waals surface area contributed by atoms with Crippen LogP contribution in [0.15, 0.2) is 94.5 Å². The van der Waals surface area contributed by atoms with Gasteiger partial charge in [0.1, 0.15) is 24.7 Å². The van der Waals surface area contributed by atoms with Crippen LogP contribution in [0.4, 0.5) is 0 Å². The highest BCUT2D eigenvalue weighted by molar-refractivity contribution is 5.94. The second-order valence-electron chi connectivity index (χ2n) is 9.34. The molecule has 202 valence electrons. The number of aromatic nitrogens is 2. The Hall–Kier alpha value is -4.66. The Bertz CT molecular complexity index is 1790. The number of nitrogens with one attached hydrogen (secondary N) is 2. The third kappa shape index (κ3) is 5.40. The summed E-state index contributed by atoms with van der Waals surface area (Å²) in [6, 6.07) is 25.8. The molecule has 0 aliphatic carbocycles. The molecule has 6 aromatic rings. The van der Waals surface area contributed by atoms with E-state index in [4.69, 9.17) is 18.9 Å². The van der Waals surface area contributed by atoms with E-state index < -0.39 is 0 Å². The lowest BCUT2D eigenvalue weighted by atomic mass is 10.1. The van der Waals surface area contributed by atoms with E-state index >= 15 is 0 Å². The summed E-state index contributed by atoms with van der Waals surface area (Å²) in [4.78, 5) is 32.2. The summed E-state index contributed by atoms with van der Waals surface area (Å²) >= 11 is 0. The summed E-state index contributed by atoms with van der Waals surface area (Å²) in [5.41, 5.74) is 3.14. The van der Waals surface area contributed by atoms with Crippen LogP contribution in [-0.4, -0.2) is 49.6 Å². The lowest BCUT2D eigenvalue weighted by Crippen LogP contribution is -2.13. The highest BCUT2D eigenvalue weighted by atomic mass is 16.6. The molecule has 4 aromatic carbocycles. The maximum Gasteiger partial charge on any atom is 0.197 e. The fourth-order valence-electron chi connectivity index (χ4n) is 4.74. The van der Waals surface area contributed by atoms with Gasteiger partial charge in [-0.2, -0.15) is 0 Å². The molecule has 2 N–H and O–H groups in total. The van der Waals surface area contributed by atoms with Gasteiger partial charge in [-0.25, -0.2) is 0 Å². The first-order valence-electron chi connectivity index (χ1n) is 13.2. The van der Waals surface area contributed by atoms with Crippen molar-refractivity contribution in [1.82, 2.24) is 9.97 Å². The molecular formula is C32H28N2O6. The lowest BCUT2D eigenvalue weighted by Gasteiger charge is -2.10. The van der Waals surface area contributed by atoms with E-state index in [1.165, 1.54) is 0 Å². The monoisotopic (exact) mass is 536 g/mol. The Morgan fingerprint density at radius 3 is 1.32 bits per heavy atom. The fourth-order valence-corrected chi connectivity index (χ4v) is 4.74. The minimum absolute atomic E-state index is 0.0184. The van der Waals surface area contributed by atoms with Crippen LogP contribution in [0.3, 0.4) is 0 Å². The molecule has 0 spiro atoms. The van der Waals surface area contributed by atoms with E-state index in [1.807, 2.05) is 72.8 Å². The van der Waals surface area contributed by atoms with Crippen LogP contribution >= 0.6 is 0 Å². The quantitative estimate of drug-likeness (QED) is 0.175. The average molecular weight is 537 g/mol. The molecule has 2 aromatic heterocycles. The van der Waals surface area contributed by atoms with Gasteiger partial charge in [0.15, 0.2) is 10.9 Å². The molecule has 6 rings (SSSR count). The third-order valence-corrected chi connectivity index (χ3v) is 6.72. The normalized spacial score (nSPS) is 11.5. The minimum Gasteiger partial charge on any atom is -0.491 e. The smallest absolute Gasteiger partial charge is 0.197 e. The maximum absolute atomic E-state index is 12.8. The Morgan fingerprint density at radius 2 is 0.850 bits per heavy atom. The van der Waals surface area contributed by atoms with Crippen LogP contribution in [0.5, 0.6) is 11.5 Å². The zero-order valence-corrected chi connectivity index (χ0v) is 21.8. The summed E-state index contributed by atoms with van der Waals surface area (Å²) in [5, 5.41) is 2.50. The van der Waals surface area contributed by atoms with Gasteiger partial charge in [0.25, 0.3) is 0 Å². The van der Waals surface area contributed by atoms with Gasteiger partial charge in [0.05, 0.1) is 37.5 Å². The molecule has 0 saturated heterocycles. The van der Waals surface area contributed by atoms with Crippen LogP contribution < -0.4 is 20.3 Å². The zero-order valence-electron chi connectivity index (χ0n) is 21.8. The number of benzene rings is 4. The average Bonchev–Trinajstić information content (AvgIpc) is 2.99. The third-order valence-electron chi connectivity index (χ3n) is 6.72. The Labute approximate surface area is 229 Å². The Morgan fingerprint density at radius 1 is 0.450 bits per heavy atom. The molecular weight excluding hydrogens is 508 g/mol. The number of rotatable bonds is 11. The largest absolute Gasteiger partial charge is 0.491 e. The summed E-state index contributed by atoms with van der Waals surface area (Å²) in [6.45, 7) is 2.35. The number of pyridine rings is 2. The SMILES string of the molecule is O=c1c2ccccc2[nH]c2ccc(OCCOCCOCCOc3ccc4[nH]c5ccccc5c(=O)c4c3)cc12. The van der Waals surface area contributed by atoms with Gasteiger partial charge in [0.2, 0.25) is 0 Å². The van der Waals surface area contributed by atoms with Gasteiger partial charge in [-0.15, -0.1) is 0 Å². The van der Waals surface area contributed by atoms with E-state index in [2.05, 4.69) is 9.97 Å². The van der Waals surface area contributed by atoms with Gasteiger partial charge >= 0.3 is 0 Å². The molecule has 40 heavy (non-hydrogen) atoms. The van der Waals surface area contributed by atoms with Crippen molar-refractivity contribution in [2.45, 2.75) is 0 Å². The molecule has 0 radical (unpaired) electrons. The van der Waals surface area contributed by atoms with Crippen LogP contribution in [0.1, 0.15) is 0 Å². The topological polar surface area (TPSA) is 103 Å². The van der Waals surface area contributed by atoms with Crippen molar-refractivity contribution in [3.63, 3.8) is 0 Å². The fraction of sp³-hybridized carbons (Fsp3) is 0.188. The van der Waals surface area contributed by atoms with E-state index in [0.29, 0.717) is 72.7 Å². The number of hydrogen-bond acceptors (Lipinski definition) is 6. The molecule has 0 unspecified atom stereocenters. The molecule has 0 amide bonds. The molecule has 0 saturated carbocycles. The van der Waals surface area contributed by atoms with Crippen molar-refractivity contribution in [3.8, 4) is 11.5 Å². The lowest BCUT2D eigenvalue weighted by molar-refractivity contribution is 0.0274. The Balaban J connectivity index is 0.908. The zero-order chi connectivity index (χ0) is 27.3. The standard InChI is InChI=1S/C32H28N2O6/c35-31-23-5-1-3-7-27(23)33-29-11-9-21(19-25(29)31)39-17-15-37-13-14-38-16-18-40-22-10-12-30-26(20-22)32(36)24-6-2-4-8-28(24)34-30/h1-12,19-20H,13-18H2,(H,33,35)(H,34,36). The van der Waals surface area contributed by atoms with E-state index in [9.17, 15) is 9.59 Å². The second kappa shape index (κ2) is 11.6. The van der Waals surface area contributed by atoms with Crippen LogP contribution in [0.2, 0.25) is 0 Å². The maximum atomic E-state index is 12.8. The van der Waals surface area contributed by atoms with Crippen molar-refractivity contribution in [1.29, 1.82) is 0 Å². The van der Waals surface area contributed by atoms with Crippen molar-refractivity contribution >= 4 is 43.6 Å². The Kier molecular flexibility index (Phi) is 7.43. The van der Waals surface area contributed by atoms with Crippen molar-refractivity contribution in [2.24, 2.45) is 0 Å². The van der Waals surface area contributed by atoms with Gasteiger partial charge in [-0.3, -0.25) is 9.59 Å². The molecule has 0 atom stereocenters. The summed E-state index contributed by atoms with van der Waals surface area (Å²) in [6.07, 6.45) is 0. The number of H-pyrrole nitrogens is 2. The first-order chi connectivity index (χ1) is 19.7. The highest BCUT2D eigenvalue weighted by Crippen LogP contribution is 2.21. The molecule has 0 aliphatic heterocycles. The van der Waals surface area contributed by atoms with Crippen LogP contribution in [-0.2, 0) is 9.47 Å². The van der Waals surface area contributed by atoms with E-state index in [-0.39, 0.29) is 10.9 Å². The molecule has 0 bridgehead atoms. The predicted octanol–water partition coefficient (Wildman–Crippen LogP) is 5.17. The van der Waals surface area contributed by atoms with Gasteiger partial charge in [-0.1, -0.05) is 24.3 Å². The molecule has 0 aliphatic rings. The molecule has 8 nitrogen and oxygen atoms in total. The minimum atomic E-state index is -0.0184. The van der Waals surface area contributed by atoms with Crippen LogP contribution in [0.25, 0.3) is 43.6 Å². The number of aromatic amines is 2. The van der Waals surface area contributed by atoms with Gasteiger partial charge in [-0.05, 0) is 60.7 Å². The van der Waals surface area contributed by atoms with Crippen LogP contribution in [0, 0.1) is 0 Å². The van der Waals surface area contributed by atoms with Gasteiger partial charge in [0, 0.05) is 32.6 Å². The van der Waals surface area contributed by atoms with E-state index in [0.717, 1.165) is 22.1 Å². The summed E-state index contributed by atoms with van der Waals surface area (Å²) in [5.74, 6) is 1.24. The van der Waals surface area contributed by atoms with Crippen molar-refractivity contribution in [2.75, 3.05) is 39.6 Å². The van der Waals surface area contributed by atoms with Crippen molar-refractivity contribution in [3.05, 3.63) is 105 Å². The number of hydrogen-bond donors (Lipinski definition) is 2. The van der Waals surface area contributed by atoms with E-state index in [1.54, 1.807) is 12.1 Å². The van der Waals surface area contributed by atoms with Crippen molar-refractivity contribution < 1.29 is 18.9 Å². The number of para-hydroxylation sites is 2. The molecule has 0 fully saturated rings. The summed E-state index contributed by atoms with van der Waals surface area (Å²) < 4.78 is 22.7. The first kappa shape index (κ1) is 25.6. The highest BCUT2D eigenvalue weighted by Gasteiger charge is 2.08. The number of fused-ring (bicyclic) bond motifs is 4. The molecule has 2 heterocycles. The predicted molar refractivity (Wildman–Crippen MR) is 157 cm³/mol. The first-order valence-corrected chi connectivity index (χ1v) is 13.2. The molecule has 8 heteroatoms.